The lowest BCUT2D eigenvalue weighted by atomic mass is 9.70. The normalized spacial score (nSPS) is 11.6. The Balaban J connectivity index is 1.61. The zero-order valence-corrected chi connectivity index (χ0v) is 22.4. The Morgan fingerprint density at radius 1 is 1.17 bits per heavy atom. The molecule has 0 saturated carbocycles. The van der Waals surface area contributed by atoms with Gasteiger partial charge < -0.3 is 19.6 Å². The average Bonchev–Trinajstić information content (AvgIpc) is 3.41. The largest absolute Gasteiger partial charge is 0.493 e. The molecule has 1 aromatic carbocycles. The van der Waals surface area contributed by atoms with Gasteiger partial charge in [-0.05, 0) is 42.0 Å². The second-order valence-corrected chi connectivity index (χ2v) is 10.5. The number of aromatic hydroxyl groups is 1. The number of thioether (sulfide) groups is 1. The first-order chi connectivity index (χ1) is 17.0. The van der Waals surface area contributed by atoms with Crippen LogP contribution in [0.25, 0.3) is 0 Å². The summed E-state index contributed by atoms with van der Waals surface area (Å²) in [6, 6.07) is 14.0. The molecule has 1 N–H and O–H groups in total. The lowest BCUT2D eigenvalue weighted by molar-refractivity contribution is 0.112. The van der Waals surface area contributed by atoms with Crippen LogP contribution in [0, 0.1) is 0 Å². The topological polar surface area (TPSA) is 65.9 Å². The summed E-state index contributed by atoms with van der Waals surface area (Å²) in [5.74, 6) is 1.99. The zero-order chi connectivity index (χ0) is 25.0. The van der Waals surface area contributed by atoms with Gasteiger partial charge in [-0.15, -0.1) is 11.3 Å². The number of ether oxygens (including phenoxy) is 1. The fourth-order valence-electron chi connectivity index (χ4n) is 3.86. The number of carbonyl (C=O) groups excluding carboxylic acids is 1. The molecule has 0 radical (unpaired) electrons. The molecule has 0 spiro atoms. The molecule has 0 fully saturated rings. The summed E-state index contributed by atoms with van der Waals surface area (Å²) in [6.45, 7) is 1.39. The van der Waals surface area contributed by atoms with E-state index in [4.69, 9.17) is 4.74 Å². The van der Waals surface area contributed by atoms with E-state index in [0.717, 1.165) is 37.0 Å². The number of benzene rings is 1. The number of anilines is 2. The van der Waals surface area contributed by atoms with Crippen LogP contribution in [-0.2, 0) is 0 Å². The number of likely N-dealkylation sites (N-methyl/N-ethyl adjacent to an activating group) is 2. The Morgan fingerprint density at radius 2 is 2.00 bits per heavy atom. The van der Waals surface area contributed by atoms with Crippen LogP contribution in [0.2, 0.25) is 12.6 Å². The summed E-state index contributed by atoms with van der Waals surface area (Å²) in [6.07, 6.45) is 7.80. The van der Waals surface area contributed by atoms with E-state index < -0.39 is 0 Å². The van der Waals surface area contributed by atoms with E-state index in [1.54, 1.807) is 11.3 Å². The van der Waals surface area contributed by atoms with Crippen molar-refractivity contribution in [1.82, 2.24) is 4.98 Å². The van der Waals surface area contributed by atoms with Gasteiger partial charge in [0.05, 0.1) is 11.3 Å². The molecule has 6 nitrogen and oxygen atoms in total. The maximum absolute atomic E-state index is 11.4. The Morgan fingerprint density at radius 3 is 2.74 bits per heavy atom. The Bertz CT molecular complexity index is 1050. The molecule has 0 saturated heterocycles. The molecule has 9 heteroatoms. The molecular formula is C26H34BN3O3S2. The van der Waals surface area contributed by atoms with Gasteiger partial charge in [0.15, 0.2) is 6.29 Å². The van der Waals surface area contributed by atoms with Crippen LogP contribution in [0.4, 0.5) is 11.4 Å². The second kappa shape index (κ2) is 14.0. The molecule has 0 aliphatic carbocycles. The van der Waals surface area contributed by atoms with Crippen LogP contribution in [0.15, 0.2) is 54.0 Å². The first-order valence-electron chi connectivity index (χ1n) is 11.9. The predicted octanol–water partition coefficient (Wildman–Crippen LogP) is 5.38. The van der Waals surface area contributed by atoms with Gasteiger partial charge in [-0.2, -0.15) is 11.8 Å². The van der Waals surface area contributed by atoms with Crippen molar-refractivity contribution < 1.29 is 14.6 Å². The van der Waals surface area contributed by atoms with Gasteiger partial charge >= 0.3 is 0 Å². The quantitative estimate of drug-likeness (QED) is 0.167. The van der Waals surface area contributed by atoms with Crippen LogP contribution in [0.5, 0.6) is 11.6 Å². The van der Waals surface area contributed by atoms with E-state index in [-0.39, 0.29) is 12.0 Å². The molecule has 2 heterocycles. The third-order valence-electron chi connectivity index (χ3n) is 5.92. The lowest BCUT2D eigenvalue weighted by Crippen LogP contribution is -2.31. The molecule has 186 valence electrons. The number of nitrogens with zero attached hydrogens (tertiary/aromatic N) is 3. The highest BCUT2D eigenvalue weighted by molar-refractivity contribution is 7.98. The van der Waals surface area contributed by atoms with E-state index >= 15 is 0 Å². The molecule has 35 heavy (non-hydrogen) atoms. The van der Waals surface area contributed by atoms with E-state index in [1.807, 2.05) is 42.9 Å². The number of rotatable bonds is 15. The smallest absolute Gasteiger partial charge is 0.212 e. The van der Waals surface area contributed by atoms with Crippen LogP contribution in [0.3, 0.4) is 0 Å². The van der Waals surface area contributed by atoms with Gasteiger partial charge in [0.2, 0.25) is 5.88 Å². The Hall–Kier alpha value is -2.65. The number of hydrogen-bond donors (Lipinski definition) is 1. The highest BCUT2D eigenvalue weighted by Crippen LogP contribution is 2.31. The predicted molar refractivity (Wildman–Crippen MR) is 152 cm³/mol. The van der Waals surface area contributed by atoms with Gasteiger partial charge in [0.1, 0.15) is 19.1 Å². The lowest BCUT2D eigenvalue weighted by Gasteiger charge is -2.26. The monoisotopic (exact) mass is 511 g/mol. The summed E-state index contributed by atoms with van der Waals surface area (Å²) in [5.41, 5.74) is 2.18. The summed E-state index contributed by atoms with van der Waals surface area (Å²) in [4.78, 5) is 20.5. The summed E-state index contributed by atoms with van der Waals surface area (Å²) >= 11 is 3.66. The number of carbonyl (C=O) groups is 1. The first-order valence-corrected chi connectivity index (χ1v) is 14.1. The van der Waals surface area contributed by atoms with Gasteiger partial charge in [-0.25, -0.2) is 4.98 Å². The average molecular weight is 512 g/mol. The van der Waals surface area contributed by atoms with Crippen LogP contribution in [-0.4, -0.2) is 62.8 Å². The molecule has 0 bridgehead atoms. The van der Waals surface area contributed by atoms with Crippen molar-refractivity contribution in [2.24, 2.45) is 0 Å². The molecular weight excluding hydrogens is 477 g/mol. The van der Waals surface area contributed by atoms with Gasteiger partial charge in [-0.3, -0.25) is 4.79 Å². The van der Waals surface area contributed by atoms with Crippen molar-refractivity contribution in [1.29, 1.82) is 0 Å². The van der Waals surface area contributed by atoms with Crippen LogP contribution < -0.4 is 14.5 Å². The molecule has 3 rings (SSSR count). The third kappa shape index (κ3) is 8.21. The molecule has 0 amide bonds. The van der Waals surface area contributed by atoms with Crippen LogP contribution in [0.1, 0.15) is 27.8 Å². The summed E-state index contributed by atoms with van der Waals surface area (Å²) in [5, 5.41) is 11.8. The Kier molecular flexibility index (Phi) is 10.8. The van der Waals surface area contributed by atoms with Gasteiger partial charge in [0, 0.05) is 56.1 Å². The Labute approximate surface area is 217 Å². The van der Waals surface area contributed by atoms with Crippen molar-refractivity contribution >= 4 is 48.0 Å². The second-order valence-electron chi connectivity index (χ2n) is 8.52. The third-order valence-corrected chi connectivity index (χ3v) is 7.58. The standard InChI is InChI=1S/C26H34BN3O3S2/c1-29(12-13-30(2)23-17-26(32)28-18-20(23)19-31)21-6-4-7-22(16-21)33-24(25-8-5-14-35-25)9-10-27-11-15-34-3/h4-8,14,16-19,24,27H,9-13,15H2,1-3H3,(H,28,32). The summed E-state index contributed by atoms with van der Waals surface area (Å²) in [7, 11) is 5.17. The molecule has 0 aliphatic heterocycles. The zero-order valence-electron chi connectivity index (χ0n) is 20.7. The fourth-order valence-corrected chi connectivity index (χ4v) is 5.14. The maximum atomic E-state index is 11.4. The number of aromatic nitrogens is 1. The first kappa shape index (κ1) is 27.0. The van der Waals surface area contributed by atoms with E-state index in [2.05, 4.69) is 45.8 Å². The van der Waals surface area contributed by atoms with Crippen molar-refractivity contribution in [2.75, 3.05) is 49.0 Å². The summed E-state index contributed by atoms with van der Waals surface area (Å²) < 4.78 is 6.49. The molecule has 0 aliphatic rings. The van der Waals surface area contributed by atoms with E-state index in [0.29, 0.717) is 17.8 Å². The van der Waals surface area contributed by atoms with Crippen molar-refractivity contribution in [3.8, 4) is 11.6 Å². The van der Waals surface area contributed by atoms with E-state index in [9.17, 15) is 9.90 Å². The SMILES string of the molecule is CSCCBCCC(Oc1cccc(N(C)CCN(C)c2cc(O)ncc2C=O)c1)c1cccs1. The van der Waals surface area contributed by atoms with Crippen molar-refractivity contribution in [3.63, 3.8) is 0 Å². The molecule has 1 atom stereocenters. The number of thiophene rings is 1. The number of pyridine rings is 1. The number of hydrogen-bond acceptors (Lipinski definition) is 8. The highest BCUT2D eigenvalue weighted by atomic mass is 32.2. The minimum atomic E-state index is -0.0970. The van der Waals surface area contributed by atoms with Gasteiger partial charge in [0.25, 0.3) is 0 Å². The van der Waals surface area contributed by atoms with E-state index in [1.165, 1.54) is 36.5 Å². The fraction of sp³-hybridized carbons (Fsp3) is 0.385. The number of aldehydes is 1. The van der Waals surface area contributed by atoms with Crippen molar-refractivity contribution in [3.05, 3.63) is 64.5 Å². The van der Waals surface area contributed by atoms with Gasteiger partial charge in [-0.1, -0.05) is 24.8 Å². The minimum absolute atomic E-state index is 0.0668. The minimum Gasteiger partial charge on any atom is -0.493 e. The van der Waals surface area contributed by atoms with Crippen LogP contribution >= 0.6 is 23.1 Å². The molecule has 1 unspecified atom stereocenters. The maximum Gasteiger partial charge on any atom is 0.212 e. The highest BCUT2D eigenvalue weighted by Gasteiger charge is 2.16. The molecule has 3 aromatic rings. The van der Waals surface area contributed by atoms with Crippen molar-refractivity contribution in [2.45, 2.75) is 25.2 Å². The molecule has 2 aromatic heterocycles.